The Bertz CT molecular complexity index is 1280. The lowest BCUT2D eigenvalue weighted by Crippen LogP contribution is -2.44. The second kappa shape index (κ2) is 8.42. The Morgan fingerprint density at radius 1 is 1.00 bits per heavy atom. The van der Waals surface area contributed by atoms with E-state index in [1.807, 2.05) is 24.3 Å². The molecule has 1 aromatic heterocycles. The van der Waals surface area contributed by atoms with Crippen molar-refractivity contribution in [2.75, 3.05) is 11.9 Å². The Labute approximate surface area is 190 Å². The summed E-state index contributed by atoms with van der Waals surface area (Å²) in [6.07, 6.45) is 0.333. The standard InChI is InChI=1S/C24H25N5O4/c1-4-24(17-11-7-5-8-12-17)22(32)28(23(33)26-24)15-19(30)25-20-16(2)27(3)29(21(20)31)18-13-9-6-10-14-18/h5-14H,4,15H2,1-3H3,(H,25,30)(H,26,33). The molecular formula is C24H25N5O4. The molecule has 2 aromatic carbocycles. The number of para-hydroxylation sites is 1. The summed E-state index contributed by atoms with van der Waals surface area (Å²) in [5.41, 5.74) is 0.321. The smallest absolute Gasteiger partial charge is 0.319 e. The first-order valence-corrected chi connectivity index (χ1v) is 10.6. The Morgan fingerprint density at radius 2 is 1.61 bits per heavy atom. The van der Waals surface area contributed by atoms with Crippen LogP contribution in [0.2, 0.25) is 0 Å². The molecule has 1 atom stereocenters. The molecule has 1 aliphatic rings. The number of carbonyl (C=O) groups is 3. The van der Waals surface area contributed by atoms with E-state index >= 15 is 0 Å². The minimum absolute atomic E-state index is 0.100. The number of nitrogens with zero attached hydrogens (tertiary/aromatic N) is 3. The summed E-state index contributed by atoms with van der Waals surface area (Å²) in [6.45, 7) is 3.01. The maximum Gasteiger partial charge on any atom is 0.325 e. The Kier molecular flexibility index (Phi) is 5.63. The fraction of sp³-hybridized carbons (Fsp3) is 0.250. The van der Waals surface area contributed by atoms with Crippen LogP contribution in [-0.4, -0.2) is 38.7 Å². The van der Waals surface area contributed by atoms with Gasteiger partial charge in [0.2, 0.25) is 5.91 Å². The van der Waals surface area contributed by atoms with Gasteiger partial charge in [-0.05, 0) is 31.0 Å². The zero-order valence-corrected chi connectivity index (χ0v) is 18.7. The number of urea groups is 1. The van der Waals surface area contributed by atoms with Gasteiger partial charge in [-0.1, -0.05) is 55.5 Å². The van der Waals surface area contributed by atoms with Crippen LogP contribution in [-0.2, 0) is 22.2 Å². The summed E-state index contributed by atoms with van der Waals surface area (Å²) in [6, 6.07) is 17.3. The molecule has 4 amide bonds. The van der Waals surface area contributed by atoms with Gasteiger partial charge in [0.25, 0.3) is 11.5 Å². The minimum atomic E-state index is -1.22. The average Bonchev–Trinajstić information content (AvgIpc) is 3.20. The summed E-state index contributed by atoms with van der Waals surface area (Å²) in [5, 5.41) is 5.34. The van der Waals surface area contributed by atoms with Gasteiger partial charge < -0.3 is 10.6 Å². The Hall–Kier alpha value is -4.14. The molecule has 1 fully saturated rings. The Morgan fingerprint density at radius 3 is 2.21 bits per heavy atom. The van der Waals surface area contributed by atoms with Crippen molar-refractivity contribution < 1.29 is 14.4 Å². The highest BCUT2D eigenvalue weighted by Crippen LogP contribution is 2.32. The summed E-state index contributed by atoms with van der Waals surface area (Å²) in [4.78, 5) is 52.6. The monoisotopic (exact) mass is 447 g/mol. The molecule has 0 radical (unpaired) electrons. The molecule has 2 heterocycles. The van der Waals surface area contributed by atoms with Gasteiger partial charge in [0.15, 0.2) is 0 Å². The van der Waals surface area contributed by atoms with E-state index in [0.29, 0.717) is 23.4 Å². The number of amides is 4. The highest BCUT2D eigenvalue weighted by molar-refractivity contribution is 6.10. The van der Waals surface area contributed by atoms with Crippen molar-refractivity contribution in [3.05, 3.63) is 82.3 Å². The molecule has 0 bridgehead atoms. The van der Waals surface area contributed by atoms with Crippen LogP contribution in [0.5, 0.6) is 0 Å². The molecule has 3 aromatic rings. The number of anilines is 1. The molecule has 1 unspecified atom stereocenters. The summed E-state index contributed by atoms with van der Waals surface area (Å²) in [5.74, 6) is -1.13. The second-order valence-electron chi connectivity index (χ2n) is 7.93. The first-order valence-electron chi connectivity index (χ1n) is 10.6. The van der Waals surface area contributed by atoms with Crippen molar-refractivity contribution in [1.29, 1.82) is 0 Å². The van der Waals surface area contributed by atoms with Gasteiger partial charge in [-0.25, -0.2) is 9.48 Å². The normalized spacial score (nSPS) is 17.8. The van der Waals surface area contributed by atoms with Crippen LogP contribution in [0.15, 0.2) is 65.5 Å². The third-order valence-corrected chi connectivity index (χ3v) is 6.09. The van der Waals surface area contributed by atoms with Crippen LogP contribution in [0.4, 0.5) is 10.5 Å². The van der Waals surface area contributed by atoms with Crippen molar-refractivity contribution in [2.45, 2.75) is 25.8 Å². The lowest BCUT2D eigenvalue weighted by molar-refractivity contribution is -0.134. The molecule has 2 N–H and O–H groups in total. The van der Waals surface area contributed by atoms with Crippen LogP contribution in [0.3, 0.4) is 0 Å². The molecule has 0 aliphatic carbocycles. The highest BCUT2D eigenvalue weighted by Gasteiger charge is 2.51. The molecule has 9 heteroatoms. The van der Waals surface area contributed by atoms with Crippen molar-refractivity contribution in [3.63, 3.8) is 0 Å². The van der Waals surface area contributed by atoms with E-state index in [9.17, 15) is 19.2 Å². The maximum absolute atomic E-state index is 13.2. The lowest BCUT2D eigenvalue weighted by atomic mass is 9.87. The lowest BCUT2D eigenvalue weighted by Gasteiger charge is -2.25. The van der Waals surface area contributed by atoms with Crippen LogP contribution >= 0.6 is 0 Å². The van der Waals surface area contributed by atoms with Gasteiger partial charge >= 0.3 is 6.03 Å². The molecular weight excluding hydrogens is 422 g/mol. The van der Waals surface area contributed by atoms with E-state index in [-0.39, 0.29) is 5.69 Å². The van der Waals surface area contributed by atoms with Crippen molar-refractivity contribution in [2.24, 2.45) is 7.05 Å². The van der Waals surface area contributed by atoms with E-state index in [2.05, 4.69) is 10.6 Å². The number of rotatable bonds is 6. The van der Waals surface area contributed by atoms with E-state index < -0.39 is 35.5 Å². The topological polar surface area (TPSA) is 105 Å². The van der Waals surface area contributed by atoms with Crippen molar-refractivity contribution in [3.8, 4) is 5.69 Å². The molecule has 0 spiro atoms. The maximum atomic E-state index is 13.2. The third kappa shape index (κ3) is 3.61. The predicted octanol–water partition coefficient (Wildman–Crippen LogP) is 2.28. The number of benzene rings is 2. The second-order valence-corrected chi connectivity index (χ2v) is 7.93. The zero-order valence-electron chi connectivity index (χ0n) is 18.7. The molecule has 9 nitrogen and oxygen atoms in total. The van der Waals surface area contributed by atoms with Gasteiger partial charge in [0.05, 0.1) is 11.4 Å². The number of carbonyl (C=O) groups excluding carboxylic acids is 3. The van der Waals surface area contributed by atoms with Gasteiger partial charge in [0.1, 0.15) is 17.8 Å². The highest BCUT2D eigenvalue weighted by atomic mass is 16.2. The molecule has 170 valence electrons. The third-order valence-electron chi connectivity index (χ3n) is 6.09. The van der Waals surface area contributed by atoms with Gasteiger partial charge in [0, 0.05) is 7.05 Å². The number of imide groups is 1. The summed E-state index contributed by atoms with van der Waals surface area (Å²) in [7, 11) is 1.71. The number of aromatic nitrogens is 2. The van der Waals surface area contributed by atoms with E-state index in [0.717, 1.165) is 4.90 Å². The molecule has 1 aliphatic heterocycles. The van der Waals surface area contributed by atoms with E-state index in [4.69, 9.17) is 0 Å². The van der Waals surface area contributed by atoms with Crippen LogP contribution < -0.4 is 16.2 Å². The largest absolute Gasteiger partial charge is 0.325 e. The van der Waals surface area contributed by atoms with Crippen molar-refractivity contribution in [1.82, 2.24) is 19.6 Å². The van der Waals surface area contributed by atoms with Crippen LogP contribution in [0, 0.1) is 6.92 Å². The molecule has 0 saturated carbocycles. The van der Waals surface area contributed by atoms with Crippen LogP contribution in [0.1, 0.15) is 24.6 Å². The number of hydrogen-bond donors (Lipinski definition) is 2. The quantitative estimate of drug-likeness (QED) is 0.566. The first kappa shape index (κ1) is 22.1. The first-order chi connectivity index (χ1) is 15.8. The van der Waals surface area contributed by atoms with Gasteiger partial charge in [-0.2, -0.15) is 0 Å². The van der Waals surface area contributed by atoms with Crippen molar-refractivity contribution >= 4 is 23.5 Å². The molecule has 1 saturated heterocycles. The number of hydrogen-bond acceptors (Lipinski definition) is 4. The van der Waals surface area contributed by atoms with E-state index in [1.165, 1.54) is 4.68 Å². The molecule has 4 rings (SSSR count). The van der Waals surface area contributed by atoms with Gasteiger partial charge in [-0.3, -0.25) is 24.0 Å². The SMILES string of the molecule is CCC1(c2ccccc2)NC(=O)N(CC(=O)Nc2c(C)n(C)n(-c3ccccc3)c2=O)C1=O. The zero-order chi connectivity index (χ0) is 23.8. The number of nitrogens with one attached hydrogen (secondary N) is 2. The van der Waals surface area contributed by atoms with Gasteiger partial charge in [-0.15, -0.1) is 0 Å². The summed E-state index contributed by atoms with van der Waals surface area (Å²) >= 11 is 0. The molecule has 33 heavy (non-hydrogen) atoms. The average molecular weight is 447 g/mol. The Balaban J connectivity index is 1.57. The predicted molar refractivity (Wildman–Crippen MR) is 123 cm³/mol. The fourth-order valence-electron chi connectivity index (χ4n) is 4.17. The van der Waals surface area contributed by atoms with E-state index in [1.54, 1.807) is 62.0 Å². The summed E-state index contributed by atoms with van der Waals surface area (Å²) < 4.78 is 3.08. The van der Waals surface area contributed by atoms with Crippen LogP contribution in [0.25, 0.3) is 5.69 Å². The fourth-order valence-corrected chi connectivity index (χ4v) is 4.17. The minimum Gasteiger partial charge on any atom is -0.319 e.